The number of likely N-dealkylation sites (tertiary alicyclic amines) is 1. The van der Waals surface area contributed by atoms with Gasteiger partial charge in [0, 0.05) is 36.2 Å². The predicted molar refractivity (Wildman–Crippen MR) is 103 cm³/mol. The van der Waals surface area contributed by atoms with Gasteiger partial charge in [-0.1, -0.05) is 24.6 Å². The topological polar surface area (TPSA) is 62.3 Å². The quantitative estimate of drug-likeness (QED) is 0.880. The predicted octanol–water partition coefficient (Wildman–Crippen LogP) is 4.17. The fraction of sp³-hybridized carbons (Fsp3) is 0.350. The number of nitrogens with one attached hydrogen (secondary N) is 1. The van der Waals surface area contributed by atoms with Crippen LogP contribution in [0.15, 0.2) is 36.7 Å². The number of halogens is 1. The Morgan fingerprint density at radius 2 is 2.04 bits per heavy atom. The zero-order chi connectivity index (χ0) is 18.7. The molecule has 2 amide bonds. The maximum absolute atomic E-state index is 12.7. The van der Waals surface area contributed by atoms with Gasteiger partial charge in [-0.3, -0.25) is 14.6 Å². The van der Waals surface area contributed by atoms with Crippen molar-refractivity contribution in [1.29, 1.82) is 0 Å². The molecule has 0 aliphatic carbocycles. The molecular weight excluding hydrogens is 350 g/mol. The number of amides is 2. The Morgan fingerprint density at radius 3 is 2.81 bits per heavy atom. The molecule has 2 heterocycles. The highest BCUT2D eigenvalue weighted by Gasteiger charge is 2.23. The lowest BCUT2D eigenvalue weighted by molar-refractivity contribution is 0.0682. The van der Waals surface area contributed by atoms with Gasteiger partial charge < -0.3 is 10.2 Å². The molecule has 1 N–H and O–H groups in total. The largest absolute Gasteiger partial charge is 0.338 e. The molecule has 1 aromatic carbocycles. The maximum atomic E-state index is 12.7. The highest BCUT2D eigenvalue weighted by atomic mass is 35.5. The molecule has 0 bridgehead atoms. The number of pyridine rings is 1. The Hall–Kier alpha value is -2.40. The van der Waals surface area contributed by atoms with Crippen LogP contribution in [0.4, 0.5) is 5.69 Å². The van der Waals surface area contributed by atoms with Crippen LogP contribution >= 0.6 is 11.6 Å². The molecule has 1 fully saturated rings. The summed E-state index contributed by atoms with van der Waals surface area (Å²) in [6.07, 6.45) is 5.13. The average molecular weight is 372 g/mol. The highest BCUT2D eigenvalue weighted by molar-refractivity contribution is 6.31. The first-order chi connectivity index (χ1) is 12.5. The molecule has 2 aromatic rings. The van der Waals surface area contributed by atoms with Crippen LogP contribution in [0.5, 0.6) is 0 Å². The molecule has 1 aromatic heterocycles. The smallest absolute Gasteiger partial charge is 0.257 e. The standard InChI is InChI=1S/C20H22ClN3O2/c1-13-5-4-8-24(12-13)20(26)16-9-15(10-22-11-16)19(25)23-18-7-3-6-17(21)14(18)2/h3,6-7,9-11,13H,4-5,8,12H2,1-2H3,(H,23,25). The highest BCUT2D eigenvalue weighted by Crippen LogP contribution is 2.23. The molecule has 1 saturated heterocycles. The lowest BCUT2D eigenvalue weighted by Crippen LogP contribution is -2.39. The van der Waals surface area contributed by atoms with Crippen molar-refractivity contribution in [3.8, 4) is 0 Å². The second kappa shape index (κ2) is 7.87. The summed E-state index contributed by atoms with van der Waals surface area (Å²) in [5, 5.41) is 3.42. The Balaban J connectivity index is 1.77. The third-order valence-electron chi connectivity index (χ3n) is 4.71. The average Bonchev–Trinajstić information content (AvgIpc) is 2.65. The van der Waals surface area contributed by atoms with Gasteiger partial charge in [-0.25, -0.2) is 0 Å². The van der Waals surface area contributed by atoms with Crippen molar-refractivity contribution in [1.82, 2.24) is 9.88 Å². The van der Waals surface area contributed by atoms with Crippen LogP contribution in [0, 0.1) is 12.8 Å². The van der Waals surface area contributed by atoms with E-state index in [0.29, 0.717) is 27.8 Å². The first-order valence-corrected chi connectivity index (χ1v) is 9.14. The maximum Gasteiger partial charge on any atom is 0.257 e. The van der Waals surface area contributed by atoms with Crippen LogP contribution in [0.25, 0.3) is 0 Å². The van der Waals surface area contributed by atoms with E-state index in [1.54, 1.807) is 24.3 Å². The van der Waals surface area contributed by atoms with E-state index in [-0.39, 0.29) is 11.8 Å². The van der Waals surface area contributed by atoms with Gasteiger partial charge in [0.2, 0.25) is 0 Å². The molecule has 0 radical (unpaired) electrons. The molecule has 1 aliphatic rings. The van der Waals surface area contributed by atoms with E-state index >= 15 is 0 Å². The van der Waals surface area contributed by atoms with Gasteiger partial charge in [0.1, 0.15) is 0 Å². The van der Waals surface area contributed by atoms with E-state index in [0.717, 1.165) is 31.5 Å². The number of carbonyl (C=O) groups is 2. The van der Waals surface area contributed by atoms with E-state index in [1.807, 2.05) is 11.8 Å². The van der Waals surface area contributed by atoms with Crippen LogP contribution in [0.2, 0.25) is 5.02 Å². The SMILES string of the molecule is Cc1c(Cl)cccc1NC(=O)c1cncc(C(=O)N2CCCC(C)C2)c1. The molecule has 136 valence electrons. The normalized spacial score (nSPS) is 17.0. The van der Waals surface area contributed by atoms with Gasteiger partial charge in [-0.05, 0) is 49.4 Å². The Bertz CT molecular complexity index is 838. The number of nitrogens with zero attached hydrogens (tertiary/aromatic N) is 2. The van der Waals surface area contributed by atoms with Crippen LogP contribution in [-0.4, -0.2) is 34.8 Å². The molecule has 5 nitrogen and oxygen atoms in total. The molecule has 6 heteroatoms. The molecule has 1 atom stereocenters. The summed E-state index contributed by atoms with van der Waals surface area (Å²) < 4.78 is 0. The fourth-order valence-electron chi connectivity index (χ4n) is 3.17. The summed E-state index contributed by atoms with van der Waals surface area (Å²) in [7, 11) is 0. The van der Waals surface area contributed by atoms with Gasteiger partial charge >= 0.3 is 0 Å². The number of piperidine rings is 1. The zero-order valence-corrected chi connectivity index (χ0v) is 15.7. The zero-order valence-electron chi connectivity index (χ0n) is 15.0. The Kier molecular flexibility index (Phi) is 5.57. The lowest BCUT2D eigenvalue weighted by Gasteiger charge is -2.31. The van der Waals surface area contributed by atoms with Gasteiger partial charge in [0.05, 0.1) is 11.1 Å². The summed E-state index contributed by atoms with van der Waals surface area (Å²) >= 11 is 6.09. The minimum atomic E-state index is -0.315. The van der Waals surface area contributed by atoms with Gasteiger partial charge in [-0.15, -0.1) is 0 Å². The molecule has 26 heavy (non-hydrogen) atoms. The molecular formula is C20H22ClN3O2. The monoisotopic (exact) mass is 371 g/mol. The number of benzene rings is 1. The van der Waals surface area contributed by atoms with E-state index in [1.165, 1.54) is 12.4 Å². The third kappa shape index (κ3) is 4.05. The Morgan fingerprint density at radius 1 is 1.27 bits per heavy atom. The number of hydrogen-bond acceptors (Lipinski definition) is 3. The molecule has 3 rings (SSSR count). The molecule has 0 spiro atoms. The first kappa shape index (κ1) is 18.4. The van der Waals surface area contributed by atoms with Gasteiger partial charge in [-0.2, -0.15) is 0 Å². The molecule has 0 saturated carbocycles. The van der Waals surface area contributed by atoms with Crippen LogP contribution in [-0.2, 0) is 0 Å². The third-order valence-corrected chi connectivity index (χ3v) is 5.12. The van der Waals surface area contributed by atoms with E-state index in [4.69, 9.17) is 11.6 Å². The van der Waals surface area contributed by atoms with Crippen molar-refractivity contribution in [3.63, 3.8) is 0 Å². The summed E-state index contributed by atoms with van der Waals surface area (Å²) in [4.78, 5) is 31.2. The summed E-state index contributed by atoms with van der Waals surface area (Å²) in [6, 6.07) is 6.94. The number of rotatable bonds is 3. The fourth-order valence-corrected chi connectivity index (χ4v) is 3.35. The minimum Gasteiger partial charge on any atom is -0.338 e. The summed E-state index contributed by atoms with van der Waals surface area (Å²) in [5.74, 6) is 0.111. The van der Waals surface area contributed by atoms with Crippen molar-refractivity contribution >= 4 is 29.1 Å². The van der Waals surface area contributed by atoms with Crippen molar-refractivity contribution in [2.45, 2.75) is 26.7 Å². The van der Waals surface area contributed by atoms with Crippen LogP contribution in [0.3, 0.4) is 0 Å². The van der Waals surface area contributed by atoms with Gasteiger partial charge in [0.15, 0.2) is 0 Å². The van der Waals surface area contributed by atoms with E-state index < -0.39 is 0 Å². The summed E-state index contributed by atoms with van der Waals surface area (Å²) in [5.41, 5.74) is 2.23. The van der Waals surface area contributed by atoms with Crippen LogP contribution < -0.4 is 5.32 Å². The minimum absolute atomic E-state index is 0.0716. The summed E-state index contributed by atoms with van der Waals surface area (Å²) in [6.45, 7) is 5.49. The second-order valence-corrected chi connectivity index (χ2v) is 7.23. The van der Waals surface area contributed by atoms with E-state index in [2.05, 4.69) is 17.2 Å². The van der Waals surface area contributed by atoms with Crippen molar-refractivity contribution in [2.24, 2.45) is 5.92 Å². The first-order valence-electron chi connectivity index (χ1n) is 8.76. The molecule has 1 unspecified atom stereocenters. The van der Waals surface area contributed by atoms with Gasteiger partial charge in [0.25, 0.3) is 11.8 Å². The van der Waals surface area contributed by atoms with Crippen molar-refractivity contribution < 1.29 is 9.59 Å². The number of carbonyl (C=O) groups excluding carboxylic acids is 2. The lowest BCUT2D eigenvalue weighted by atomic mass is 9.99. The number of anilines is 1. The van der Waals surface area contributed by atoms with E-state index in [9.17, 15) is 9.59 Å². The second-order valence-electron chi connectivity index (χ2n) is 6.83. The Labute approximate surface area is 158 Å². The van der Waals surface area contributed by atoms with Crippen molar-refractivity contribution in [3.05, 3.63) is 58.4 Å². The number of aromatic nitrogens is 1. The molecule has 1 aliphatic heterocycles. The van der Waals surface area contributed by atoms with Crippen LogP contribution in [0.1, 0.15) is 46.0 Å². The number of hydrogen-bond donors (Lipinski definition) is 1. The van der Waals surface area contributed by atoms with Crippen molar-refractivity contribution in [2.75, 3.05) is 18.4 Å².